The normalized spacial score (nSPS) is 14.5. The third kappa shape index (κ3) is 5.70. The van der Waals surface area contributed by atoms with E-state index >= 15 is 0 Å². The number of hydrogen-bond donors (Lipinski definition) is 2. The molecule has 3 rings (SSSR count). The van der Waals surface area contributed by atoms with Crippen LogP contribution in [0.25, 0.3) is 6.08 Å². The van der Waals surface area contributed by atoms with Crippen molar-refractivity contribution in [1.82, 2.24) is 10.6 Å². The Bertz CT molecular complexity index is 1120. The highest BCUT2D eigenvalue weighted by molar-refractivity contribution is 8.14. The van der Waals surface area contributed by atoms with E-state index in [-0.39, 0.29) is 17.4 Å². The van der Waals surface area contributed by atoms with Gasteiger partial charge in [0.2, 0.25) is 5.91 Å². The number of halogens is 2. The van der Waals surface area contributed by atoms with E-state index < -0.39 is 11.9 Å². The van der Waals surface area contributed by atoms with Gasteiger partial charge in [-0.3, -0.25) is 19.8 Å². The molecule has 0 bridgehead atoms. The molecule has 10 heteroatoms. The first-order valence-corrected chi connectivity index (χ1v) is 11.4. The van der Waals surface area contributed by atoms with E-state index in [1.54, 1.807) is 43.3 Å². The molecule has 0 saturated carbocycles. The van der Waals surface area contributed by atoms with Gasteiger partial charge in [-0.25, -0.2) is 9.79 Å². The molecule has 0 radical (unpaired) electrons. The van der Waals surface area contributed by atoms with Crippen LogP contribution >= 0.6 is 35.0 Å². The zero-order chi connectivity index (χ0) is 23.3. The summed E-state index contributed by atoms with van der Waals surface area (Å²) < 4.78 is 0. The SMILES string of the molecule is CCNC(=O)NC(=O)CSC1=NC(=Cc2cccc(Cl)c2Cl)C(=O)N1c1ccc(C)cc1. The van der Waals surface area contributed by atoms with E-state index in [0.29, 0.717) is 33.0 Å². The number of rotatable bonds is 5. The van der Waals surface area contributed by atoms with Gasteiger partial charge >= 0.3 is 6.03 Å². The van der Waals surface area contributed by atoms with Crippen LogP contribution in [-0.2, 0) is 9.59 Å². The lowest BCUT2D eigenvalue weighted by atomic mass is 10.2. The van der Waals surface area contributed by atoms with Crippen molar-refractivity contribution < 1.29 is 14.4 Å². The predicted molar refractivity (Wildman–Crippen MR) is 130 cm³/mol. The minimum Gasteiger partial charge on any atom is -0.338 e. The molecule has 0 aromatic heterocycles. The fourth-order valence-corrected chi connectivity index (χ4v) is 3.97. The van der Waals surface area contributed by atoms with Crippen molar-refractivity contribution in [2.75, 3.05) is 17.2 Å². The van der Waals surface area contributed by atoms with Crippen LogP contribution in [0.15, 0.2) is 53.2 Å². The number of aryl methyl sites for hydroxylation is 1. The maximum absolute atomic E-state index is 13.2. The highest BCUT2D eigenvalue weighted by Crippen LogP contribution is 2.32. The summed E-state index contributed by atoms with van der Waals surface area (Å²) in [7, 11) is 0. The Kier molecular flexibility index (Phi) is 7.95. The quantitative estimate of drug-likeness (QED) is 0.597. The minimum atomic E-state index is -0.575. The van der Waals surface area contributed by atoms with Gasteiger partial charge in [-0.15, -0.1) is 0 Å². The van der Waals surface area contributed by atoms with Crippen LogP contribution in [0, 0.1) is 6.92 Å². The molecule has 0 spiro atoms. The van der Waals surface area contributed by atoms with Gasteiger partial charge in [0.25, 0.3) is 5.91 Å². The van der Waals surface area contributed by atoms with Crippen LogP contribution < -0.4 is 15.5 Å². The van der Waals surface area contributed by atoms with Gasteiger partial charge in [-0.1, -0.05) is 64.8 Å². The maximum Gasteiger partial charge on any atom is 0.321 e. The third-order valence-corrected chi connectivity index (χ3v) is 6.09. The van der Waals surface area contributed by atoms with E-state index in [1.807, 2.05) is 19.1 Å². The Morgan fingerprint density at radius 1 is 1.16 bits per heavy atom. The van der Waals surface area contributed by atoms with Crippen LogP contribution in [-0.4, -0.2) is 35.3 Å². The van der Waals surface area contributed by atoms with Crippen molar-refractivity contribution in [3.05, 3.63) is 69.3 Å². The number of nitrogens with zero attached hydrogens (tertiary/aromatic N) is 2. The predicted octanol–water partition coefficient (Wildman–Crippen LogP) is 4.62. The number of amides is 4. The number of urea groups is 1. The highest BCUT2D eigenvalue weighted by Gasteiger charge is 2.32. The van der Waals surface area contributed by atoms with Crippen LogP contribution in [0.1, 0.15) is 18.1 Å². The zero-order valence-corrected chi connectivity index (χ0v) is 19.6. The van der Waals surface area contributed by atoms with Gasteiger partial charge in [0, 0.05) is 6.54 Å². The Morgan fingerprint density at radius 2 is 1.88 bits per heavy atom. The summed E-state index contributed by atoms with van der Waals surface area (Å²) in [6.07, 6.45) is 1.56. The number of carbonyl (C=O) groups excluding carboxylic acids is 3. The molecule has 2 aromatic rings. The molecule has 166 valence electrons. The average molecular weight is 491 g/mol. The summed E-state index contributed by atoms with van der Waals surface area (Å²) >= 11 is 13.4. The fourth-order valence-electron chi connectivity index (χ4n) is 2.79. The molecule has 1 heterocycles. The zero-order valence-electron chi connectivity index (χ0n) is 17.3. The van der Waals surface area contributed by atoms with Crippen molar-refractivity contribution in [2.45, 2.75) is 13.8 Å². The van der Waals surface area contributed by atoms with Gasteiger partial charge in [0.05, 0.1) is 21.5 Å². The standard InChI is InChI=1S/C22H20Cl2N4O3S/c1-3-25-21(31)27-18(29)12-32-22-26-17(11-14-5-4-6-16(23)19(14)24)20(30)28(22)15-9-7-13(2)8-10-15/h4-11H,3,12H2,1-2H3,(H2,25,27,29,31). The minimum absolute atomic E-state index is 0.100. The maximum atomic E-state index is 13.2. The number of anilines is 1. The number of benzene rings is 2. The molecular formula is C22H20Cl2N4O3S. The van der Waals surface area contributed by atoms with Crippen molar-refractivity contribution in [3.63, 3.8) is 0 Å². The summed E-state index contributed by atoms with van der Waals surface area (Å²) in [5.74, 6) is -0.969. The highest BCUT2D eigenvalue weighted by atomic mass is 35.5. The molecule has 0 saturated heterocycles. The van der Waals surface area contributed by atoms with Gasteiger partial charge in [0.15, 0.2) is 5.17 Å². The molecule has 0 atom stereocenters. The Labute approximate surface area is 199 Å². The van der Waals surface area contributed by atoms with Crippen molar-refractivity contribution >= 4 is 69.7 Å². The van der Waals surface area contributed by atoms with E-state index in [1.165, 1.54) is 4.90 Å². The molecule has 2 aromatic carbocycles. The number of hydrogen-bond acceptors (Lipinski definition) is 5. The van der Waals surface area contributed by atoms with Crippen molar-refractivity contribution in [3.8, 4) is 0 Å². The Hall–Kier alpha value is -2.81. The number of carbonyl (C=O) groups is 3. The monoisotopic (exact) mass is 490 g/mol. The lowest BCUT2D eigenvalue weighted by Gasteiger charge is -2.18. The molecule has 32 heavy (non-hydrogen) atoms. The molecule has 0 aliphatic carbocycles. The van der Waals surface area contributed by atoms with Crippen LogP contribution in [0.3, 0.4) is 0 Å². The number of thioether (sulfide) groups is 1. The molecule has 1 aliphatic rings. The van der Waals surface area contributed by atoms with Gasteiger partial charge in [0.1, 0.15) is 5.70 Å². The van der Waals surface area contributed by atoms with Gasteiger partial charge in [-0.05, 0) is 43.7 Å². The van der Waals surface area contributed by atoms with Crippen LogP contribution in [0.4, 0.5) is 10.5 Å². The number of aliphatic imine (C=N–C) groups is 1. The largest absolute Gasteiger partial charge is 0.338 e. The number of imide groups is 1. The average Bonchev–Trinajstić information content (AvgIpc) is 3.06. The van der Waals surface area contributed by atoms with Crippen LogP contribution in [0.5, 0.6) is 0 Å². The number of nitrogens with one attached hydrogen (secondary N) is 2. The second-order valence-electron chi connectivity index (χ2n) is 6.74. The first-order valence-electron chi connectivity index (χ1n) is 9.66. The van der Waals surface area contributed by atoms with Crippen LogP contribution in [0.2, 0.25) is 10.0 Å². The molecule has 0 unspecified atom stereocenters. The van der Waals surface area contributed by atoms with E-state index in [9.17, 15) is 14.4 Å². The molecule has 7 nitrogen and oxygen atoms in total. The van der Waals surface area contributed by atoms with Gasteiger partial charge < -0.3 is 5.32 Å². The summed E-state index contributed by atoms with van der Waals surface area (Å²) in [4.78, 5) is 42.7. The fraction of sp³-hybridized carbons (Fsp3) is 0.182. The van der Waals surface area contributed by atoms with Crippen molar-refractivity contribution in [1.29, 1.82) is 0 Å². The summed E-state index contributed by atoms with van der Waals surface area (Å²) in [5, 5.41) is 5.71. The first-order chi connectivity index (χ1) is 15.3. The lowest BCUT2D eigenvalue weighted by molar-refractivity contribution is -0.117. The molecule has 2 N–H and O–H groups in total. The first kappa shape index (κ1) is 23.8. The van der Waals surface area contributed by atoms with Gasteiger partial charge in [-0.2, -0.15) is 0 Å². The lowest BCUT2D eigenvalue weighted by Crippen LogP contribution is -2.40. The van der Waals surface area contributed by atoms with E-state index in [2.05, 4.69) is 15.6 Å². The third-order valence-electron chi connectivity index (χ3n) is 4.32. The molecule has 0 fully saturated rings. The second-order valence-corrected chi connectivity index (χ2v) is 8.47. The van der Waals surface area contributed by atoms with Crippen molar-refractivity contribution in [2.24, 2.45) is 4.99 Å². The smallest absolute Gasteiger partial charge is 0.321 e. The number of amidine groups is 1. The summed E-state index contributed by atoms with van der Waals surface area (Å²) in [6.45, 7) is 4.09. The van der Waals surface area contributed by atoms with E-state index in [0.717, 1.165) is 17.3 Å². The Balaban J connectivity index is 1.89. The molecule has 4 amide bonds. The van der Waals surface area contributed by atoms with E-state index in [4.69, 9.17) is 23.2 Å². The second kappa shape index (κ2) is 10.7. The summed E-state index contributed by atoms with van der Waals surface area (Å²) in [5.41, 5.74) is 2.35. The molecule has 1 aliphatic heterocycles. The molecular weight excluding hydrogens is 471 g/mol. The Morgan fingerprint density at radius 3 is 2.56 bits per heavy atom. The topological polar surface area (TPSA) is 90.9 Å². The summed E-state index contributed by atoms with van der Waals surface area (Å²) in [6, 6.07) is 11.9.